The molecule has 1 N–H and O–H groups in total. The van der Waals surface area contributed by atoms with Crippen LogP contribution in [0.3, 0.4) is 0 Å². The molecule has 1 aromatic carbocycles. The van der Waals surface area contributed by atoms with Gasteiger partial charge in [-0.15, -0.1) is 0 Å². The minimum atomic E-state index is -0.182. The molecule has 2 atom stereocenters. The van der Waals surface area contributed by atoms with Crippen LogP contribution in [0.1, 0.15) is 18.9 Å². The van der Waals surface area contributed by atoms with Gasteiger partial charge in [0.05, 0.1) is 12.7 Å². The SMILES string of the molecule is CC1CCNCC1OCc1ccccc1F. The fraction of sp³-hybridized carbons (Fsp3) is 0.538. The zero-order valence-corrected chi connectivity index (χ0v) is 9.58. The van der Waals surface area contributed by atoms with E-state index in [9.17, 15) is 4.39 Å². The predicted octanol–water partition coefficient (Wildman–Crippen LogP) is 2.34. The maximum Gasteiger partial charge on any atom is 0.128 e. The molecule has 0 saturated carbocycles. The van der Waals surface area contributed by atoms with Gasteiger partial charge >= 0.3 is 0 Å². The summed E-state index contributed by atoms with van der Waals surface area (Å²) in [5.41, 5.74) is 0.639. The summed E-state index contributed by atoms with van der Waals surface area (Å²) in [6.07, 6.45) is 1.33. The Morgan fingerprint density at radius 3 is 3.00 bits per heavy atom. The van der Waals surface area contributed by atoms with Crippen LogP contribution in [0.15, 0.2) is 24.3 Å². The van der Waals surface area contributed by atoms with Crippen LogP contribution in [-0.2, 0) is 11.3 Å². The molecule has 16 heavy (non-hydrogen) atoms. The topological polar surface area (TPSA) is 21.3 Å². The van der Waals surface area contributed by atoms with Crippen molar-refractivity contribution < 1.29 is 9.13 Å². The van der Waals surface area contributed by atoms with Crippen molar-refractivity contribution in [3.05, 3.63) is 35.6 Å². The Kier molecular flexibility index (Phi) is 3.91. The highest BCUT2D eigenvalue weighted by atomic mass is 19.1. The number of hydrogen-bond donors (Lipinski definition) is 1. The lowest BCUT2D eigenvalue weighted by molar-refractivity contribution is -0.00765. The van der Waals surface area contributed by atoms with Gasteiger partial charge in [0.15, 0.2) is 0 Å². The summed E-state index contributed by atoms with van der Waals surface area (Å²) in [6.45, 7) is 4.48. The van der Waals surface area contributed by atoms with Crippen LogP contribution in [0.25, 0.3) is 0 Å². The quantitative estimate of drug-likeness (QED) is 0.849. The van der Waals surface area contributed by atoms with Crippen molar-refractivity contribution in [2.45, 2.75) is 26.1 Å². The number of ether oxygens (including phenoxy) is 1. The molecule has 88 valence electrons. The van der Waals surface area contributed by atoms with Crippen molar-refractivity contribution in [3.8, 4) is 0 Å². The molecular weight excluding hydrogens is 205 g/mol. The summed E-state index contributed by atoms with van der Waals surface area (Å²) in [6, 6.07) is 6.78. The summed E-state index contributed by atoms with van der Waals surface area (Å²) in [7, 11) is 0. The van der Waals surface area contributed by atoms with Gasteiger partial charge in [-0.2, -0.15) is 0 Å². The van der Waals surface area contributed by atoms with E-state index in [1.165, 1.54) is 6.07 Å². The number of benzene rings is 1. The Labute approximate surface area is 95.8 Å². The Morgan fingerprint density at radius 2 is 2.25 bits per heavy atom. The molecule has 1 saturated heterocycles. The van der Waals surface area contributed by atoms with E-state index < -0.39 is 0 Å². The van der Waals surface area contributed by atoms with Gasteiger partial charge in [0.1, 0.15) is 5.82 Å². The molecule has 0 spiro atoms. The van der Waals surface area contributed by atoms with E-state index in [1.807, 2.05) is 6.07 Å². The standard InChI is InChI=1S/C13H18FNO/c1-10-6-7-15-8-13(10)16-9-11-4-2-3-5-12(11)14/h2-5,10,13,15H,6-9H2,1H3. The maximum absolute atomic E-state index is 13.3. The fourth-order valence-electron chi connectivity index (χ4n) is 2.00. The Hall–Kier alpha value is -0.930. The van der Waals surface area contributed by atoms with E-state index in [0.29, 0.717) is 18.1 Å². The minimum Gasteiger partial charge on any atom is -0.372 e. The summed E-state index contributed by atoms with van der Waals surface area (Å²) >= 11 is 0. The van der Waals surface area contributed by atoms with Crippen molar-refractivity contribution >= 4 is 0 Å². The lowest BCUT2D eigenvalue weighted by atomic mass is 9.97. The first-order valence-electron chi connectivity index (χ1n) is 5.83. The largest absolute Gasteiger partial charge is 0.372 e. The lowest BCUT2D eigenvalue weighted by Gasteiger charge is -2.29. The first kappa shape index (κ1) is 11.6. The molecule has 2 nitrogen and oxygen atoms in total. The van der Waals surface area contributed by atoms with E-state index in [-0.39, 0.29) is 11.9 Å². The van der Waals surface area contributed by atoms with Crippen LogP contribution in [0.2, 0.25) is 0 Å². The molecule has 0 aromatic heterocycles. The van der Waals surface area contributed by atoms with Gasteiger partial charge in [0.25, 0.3) is 0 Å². The first-order chi connectivity index (χ1) is 7.77. The van der Waals surface area contributed by atoms with Gasteiger partial charge in [-0.25, -0.2) is 4.39 Å². The number of halogens is 1. The molecule has 1 aromatic rings. The van der Waals surface area contributed by atoms with Gasteiger partial charge in [0.2, 0.25) is 0 Å². The van der Waals surface area contributed by atoms with Crippen molar-refractivity contribution in [1.82, 2.24) is 5.32 Å². The fourth-order valence-corrected chi connectivity index (χ4v) is 2.00. The molecular formula is C13H18FNO. The molecule has 0 aliphatic carbocycles. The van der Waals surface area contributed by atoms with E-state index >= 15 is 0 Å². The third-order valence-corrected chi connectivity index (χ3v) is 3.17. The smallest absolute Gasteiger partial charge is 0.128 e. The molecule has 1 aliphatic heterocycles. The lowest BCUT2D eigenvalue weighted by Crippen LogP contribution is -2.40. The summed E-state index contributed by atoms with van der Waals surface area (Å²) < 4.78 is 19.1. The van der Waals surface area contributed by atoms with Crippen molar-refractivity contribution in [2.75, 3.05) is 13.1 Å². The summed E-state index contributed by atoms with van der Waals surface area (Å²) in [5, 5.41) is 3.30. The second-order valence-corrected chi connectivity index (χ2v) is 4.41. The average Bonchev–Trinajstić information content (AvgIpc) is 2.30. The van der Waals surface area contributed by atoms with Crippen LogP contribution in [0.5, 0.6) is 0 Å². The third kappa shape index (κ3) is 2.80. The minimum absolute atomic E-state index is 0.182. The molecule has 1 fully saturated rings. The normalized spacial score (nSPS) is 25.6. The summed E-state index contributed by atoms with van der Waals surface area (Å²) in [5.74, 6) is 0.368. The Balaban J connectivity index is 1.89. The monoisotopic (exact) mass is 223 g/mol. The second-order valence-electron chi connectivity index (χ2n) is 4.41. The van der Waals surface area contributed by atoms with Gasteiger partial charge in [0, 0.05) is 12.1 Å². The molecule has 2 unspecified atom stereocenters. The Bertz CT molecular complexity index is 342. The number of piperidine rings is 1. The van der Waals surface area contributed by atoms with E-state index in [4.69, 9.17) is 4.74 Å². The molecule has 1 aliphatic rings. The van der Waals surface area contributed by atoms with Gasteiger partial charge in [-0.05, 0) is 24.9 Å². The highest BCUT2D eigenvalue weighted by Gasteiger charge is 2.21. The van der Waals surface area contributed by atoms with Crippen LogP contribution in [0, 0.1) is 11.7 Å². The highest BCUT2D eigenvalue weighted by molar-refractivity contribution is 5.16. The van der Waals surface area contributed by atoms with Crippen molar-refractivity contribution in [3.63, 3.8) is 0 Å². The Morgan fingerprint density at radius 1 is 1.44 bits per heavy atom. The van der Waals surface area contributed by atoms with E-state index in [1.54, 1.807) is 12.1 Å². The number of nitrogens with one attached hydrogen (secondary N) is 1. The van der Waals surface area contributed by atoms with Crippen molar-refractivity contribution in [1.29, 1.82) is 0 Å². The molecule has 3 heteroatoms. The van der Waals surface area contributed by atoms with E-state index in [2.05, 4.69) is 12.2 Å². The average molecular weight is 223 g/mol. The van der Waals surface area contributed by atoms with Gasteiger partial charge < -0.3 is 10.1 Å². The van der Waals surface area contributed by atoms with Crippen LogP contribution in [0.4, 0.5) is 4.39 Å². The van der Waals surface area contributed by atoms with E-state index in [0.717, 1.165) is 19.5 Å². The number of rotatable bonds is 3. The number of hydrogen-bond acceptors (Lipinski definition) is 2. The summed E-state index contributed by atoms with van der Waals surface area (Å²) in [4.78, 5) is 0. The molecule has 0 bridgehead atoms. The van der Waals surface area contributed by atoms with Crippen molar-refractivity contribution in [2.24, 2.45) is 5.92 Å². The van der Waals surface area contributed by atoms with Crippen LogP contribution >= 0.6 is 0 Å². The molecule has 0 radical (unpaired) electrons. The zero-order valence-electron chi connectivity index (χ0n) is 9.58. The maximum atomic E-state index is 13.3. The first-order valence-corrected chi connectivity index (χ1v) is 5.83. The second kappa shape index (κ2) is 5.41. The van der Waals surface area contributed by atoms with Crippen LogP contribution in [-0.4, -0.2) is 19.2 Å². The highest BCUT2D eigenvalue weighted by Crippen LogP contribution is 2.17. The molecule has 0 amide bonds. The van der Waals surface area contributed by atoms with Gasteiger partial charge in [-0.1, -0.05) is 25.1 Å². The predicted molar refractivity (Wildman–Crippen MR) is 61.6 cm³/mol. The molecule has 2 rings (SSSR count). The molecule has 1 heterocycles. The van der Waals surface area contributed by atoms with Gasteiger partial charge in [-0.3, -0.25) is 0 Å². The van der Waals surface area contributed by atoms with Crippen LogP contribution < -0.4 is 5.32 Å². The zero-order chi connectivity index (χ0) is 11.4. The third-order valence-electron chi connectivity index (χ3n) is 3.17.